The highest BCUT2D eigenvalue weighted by Crippen LogP contribution is 2.11. The van der Waals surface area contributed by atoms with Gasteiger partial charge in [0.25, 0.3) is 0 Å². The number of aryl methyl sites for hydroxylation is 2. The number of nitrogens with one attached hydrogen (secondary N) is 2. The van der Waals surface area contributed by atoms with Crippen LogP contribution in [0.1, 0.15) is 32.2 Å². The van der Waals surface area contributed by atoms with E-state index in [4.69, 9.17) is 0 Å². The van der Waals surface area contributed by atoms with Crippen molar-refractivity contribution >= 4 is 5.69 Å². The van der Waals surface area contributed by atoms with Gasteiger partial charge in [-0.05, 0) is 46.8 Å². The van der Waals surface area contributed by atoms with Crippen molar-refractivity contribution in [2.45, 2.75) is 40.2 Å². The molecule has 2 N–H and O–H groups in total. The van der Waals surface area contributed by atoms with Gasteiger partial charge in [-0.25, -0.2) is 0 Å². The summed E-state index contributed by atoms with van der Waals surface area (Å²) in [6.45, 7) is 12.4. The lowest BCUT2D eigenvalue weighted by molar-refractivity contribution is 0.435. The Bertz CT molecular complexity index is 340. The van der Waals surface area contributed by atoms with Gasteiger partial charge in [0.05, 0.1) is 11.4 Å². The van der Waals surface area contributed by atoms with E-state index in [1.165, 1.54) is 0 Å². The van der Waals surface area contributed by atoms with Gasteiger partial charge in [0, 0.05) is 24.3 Å². The third-order valence-electron chi connectivity index (χ3n) is 2.32. The second kappa shape index (κ2) is 5.30. The van der Waals surface area contributed by atoms with Gasteiger partial charge < -0.3 is 10.6 Å². The summed E-state index contributed by atoms with van der Waals surface area (Å²) in [4.78, 5) is 4.42. The fourth-order valence-corrected chi connectivity index (χ4v) is 1.51. The summed E-state index contributed by atoms with van der Waals surface area (Å²) in [5, 5.41) is 6.83. The van der Waals surface area contributed by atoms with Crippen molar-refractivity contribution in [2.75, 3.05) is 18.4 Å². The molecule has 1 aromatic rings. The SMILES string of the molecule is Cc1ccc(NCCNC(C)(C)C)c(C)n1. The quantitative estimate of drug-likeness (QED) is 0.767. The van der Waals surface area contributed by atoms with Crippen LogP contribution >= 0.6 is 0 Å². The molecule has 0 radical (unpaired) electrons. The zero-order valence-corrected chi connectivity index (χ0v) is 11.0. The van der Waals surface area contributed by atoms with Crippen molar-refractivity contribution in [2.24, 2.45) is 0 Å². The molecular weight excluding hydrogens is 198 g/mol. The summed E-state index contributed by atoms with van der Waals surface area (Å²) in [6.07, 6.45) is 0. The van der Waals surface area contributed by atoms with E-state index in [1.807, 2.05) is 19.9 Å². The zero-order valence-electron chi connectivity index (χ0n) is 11.0. The third-order valence-corrected chi connectivity index (χ3v) is 2.32. The Balaban J connectivity index is 2.38. The van der Waals surface area contributed by atoms with E-state index in [-0.39, 0.29) is 5.54 Å². The van der Waals surface area contributed by atoms with Crippen LogP contribution in [0, 0.1) is 13.8 Å². The maximum absolute atomic E-state index is 4.42. The molecule has 90 valence electrons. The highest BCUT2D eigenvalue weighted by atomic mass is 15.0. The van der Waals surface area contributed by atoms with Crippen LogP contribution in [-0.4, -0.2) is 23.6 Å². The topological polar surface area (TPSA) is 37.0 Å². The summed E-state index contributed by atoms with van der Waals surface area (Å²) >= 11 is 0. The average Bonchev–Trinajstić information content (AvgIpc) is 2.13. The van der Waals surface area contributed by atoms with Crippen molar-refractivity contribution in [1.82, 2.24) is 10.3 Å². The molecule has 0 aliphatic rings. The number of aromatic nitrogens is 1. The first-order valence-corrected chi connectivity index (χ1v) is 5.82. The highest BCUT2D eigenvalue weighted by molar-refractivity contribution is 5.47. The molecule has 0 aliphatic carbocycles. The first-order chi connectivity index (χ1) is 7.38. The third kappa shape index (κ3) is 4.62. The highest BCUT2D eigenvalue weighted by Gasteiger charge is 2.07. The van der Waals surface area contributed by atoms with Gasteiger partial charge in [-0.15, -0.1) is 0 Å². The fourth-order valence-electron chi connectivity index (χ4n) is 1.51. The minimum Gasteiger partial charge on any atom is -0.382 e. The molecule has 1 rings (SSSR count). The number of nitrogens with zero attached hydrogens (tertiary/aromatic N) is 1. The van der Waals surface area contributed by atoms with Crippen molar-refractivity contribution in [3.05, 3.63) is 23.5 Å². The van der Waals surface area contributed by atoms with Gasteiger partial charge in [0.2, 0.25) is 0 Å². The smallest absolute Gasteiger partial charge is 0.0606 e. The van der Waals surface area contributed by atoms with Crippen LogP contribution in [0.4, 0.5) is 5.69 Å². The van der Waals surface area contributed by atoms with E-state index in [0.29, 0.717) is 0 Å². The average molecular weight is 221 g/mol. The lowest BCUT2D eigenvalue weighted by Crippen LogP contribution is -2.38. The van der Waals surface area contributed by atoms with Crippen LogP contribution in [0.15, 0.2) is 12.1 Å². The number of pyridine rings is 1. The van der Waals surface area contributed by atoms with Crippen LogP contribution in [0.25, 0.3) is 0 Å². The van der Waals surface area contributed by atoms with Gasteiger partial charge in [-0.1, -0.05) is 0 Å². The number of hydrogen-bond donors (Lipinski definition) is 2. The summed E-state index contributed by atoms with van der Waals surface area (Å²) in [7, 11) is 0. The van der Waals surface area contributed by atoms with Crippen LogP contribution in [-0.2, 0) is 0 Å². The molecule has 0 saturated heterocycles. The summed E-state index contributed by atoms with van der Waals surface area (Å²) < 4.78 is 0. The van der Waals surface area contributed by atoms with Gasteiger partial charge in [-0.3, -0.25) is 4.98 Å². The van der Waals surface area contributed by atoms with E-state index in [0.717, 1.165) is 30.2 Å². The molecule has 16 heavy (non-hydrogen) atoms. The van der Waals surface area contributed by atoms with E-state index < -0.39 is 0 Å². The maximum atomic E-state index is 4.42. The fraction of sp³-hybridized carbons (Fsp3) is 0.615. The Morgan fingerprint density at radius 2 is 1.81 bits per heavy atom. The van der Waals surface area contributed by atoms with E-state index in [9.17, 15) is 0 Å². The summed E-state index contributed by atoms with van der Waals surface area (Å²) in [5.41, 5.74) is 3.44. The second-order valence-electron chi connectivity index (χ2n) is 5.19. The zero-order chi connectivity index (χ0) is 12.2. The molecule has 0 atom stereocenters. The predicted octanol–water partition coefficient (Wildman–Crippen LogP) is 2.50. The molecule has 0 aliphatic heterocycles. The minimum absolute atomic E-state index is 0.183. The van der Waals surface area contributed by atoms with Crippen LogP contribution in [0.2, 0.25) is 0 Å². The lowest BCUT2D eigenvalue weighted by Gasteiger charge is -2.21. The Labute approximate surface area is 98.7 Å². The van der Waals surface area contributed by atoms with Crippen LogP contribution in [0.3, 0.4) is 0 Å². The largest absolute Gasteiger partial charge is 0.382 e. The van der Waals surface area contributed by atoms with Crippen molar-refractivity contribution in [1.29, 1.82) is 0 Å². The molecule has 0 aromatic carbocycles. The molecule has 1 heterocycles. The first-order valence-electron chi connectivity index (χ1n) is 5.82. The Morgan fingerprint density at radius 3 is 2.38 bits per heavy atom. The first kappa shape index (κ1) is 13.0. The van der Waals surface area contributed by atoms with Gasteiger partial charge in [0.1, 0.15) is 0 Å². The maximum Gasteiger partial charge on any atom is 0.0606 e. The Morgan fingerprint density at radius 1 is 1.12 bits per heavy atom. The molecule has 3 heteroatoms. The van der Waals surface area contributed by atoms with E-state index in [2.05, 4.69) is 42.5 Å². The van der Waals surface area contributed by atoms with Crippen molar-refractivity contribution in [3.63, 3.8) is 0 Å². The Kier molecular flexibility index (Phi) is 4.30. The molecule has 0 unspecified atom stereocenters. The van der Waals surface area contributed by atoms with Gasteiger partial charge in [0.15, 0.2) is 0 Å². The molecular formula is C13H23N3. The molecule has 1 aromatic heterocycles. The second-order valence-corrected chi connectivity index (χ2v) is 5.19. The predicted molar refractivity (Wildman–Crippen MR) is 70.0 cm³/mol. The Hall–Kier alpha value is -1.09. The van der Waals surface area contributed by atoms with Crippen LogP contribution in [0.5, 0.6) is 0 Å². The molecule has 0 saturated carbocycles. The van der Waals surface area contributed by atoms with Crippen molar-refractivity contribution in [3.8, 4) is 0 Å². The monoisotopic (exact) mass is 221 g/mol. The van der Waals surface area contributed by atoms with Gasteiger partial charge >= 0.3 is 0 Å². The molecule has 3 nitrogen and oxygen atoms in total. The lowest BCUT2D eigenvalue weighted by atomic mass is 10.1. The van der Waals surface area contributed by atoms with Crippen LogP contribution < -0.4 is 10.6 Å². The van der Waals surface area contributed by atoms with Gasteiger partial charge in [-0.2, -0.15) is 0 Å². The standard InChI is InChI=1S/C13H23N3/c1-10-6-7-12(11(2)16-10)14-8-9-15-13(3,4)5/h6-7,14-15H,8-9H2,1-5H3. The molecule has 0 spiro atoms. The minimum atomic E-state index is 0.183. The van der Waals surface area contributed by atoms with E-state index in [1.54, 1.807) is 0 Å². The summed E-state index contributed by atoms with van der Waals surface area (Å²) in [5.74, 6) is 0. The number of hydrogen-bond acceptors (Lipinski definition) is 3. The number of rotatable bonds is 4. The normalized spacial score (nSPS) is 11.6. The summed E-state index contributed by atoms with van der Waals surface area (Å²) in [6, 6.07) is 4.13. The molecule has 0 fully saturated rings. The molecule has 0 amide bonds. The molecule has 0 bridgehead atoms. The van der Waals surface area contributed by atoms with E-state index >= 15 is 0 Å². The van der Waals surface area contributed by atoms with Crippen molar-refractivity contribution < 1.29 is 0 Å². The number of anilines is 1.